The molecule has 0 fully saturated rings. The van der Waals surface area contributed by atoms with Crippen LogP contribution in [0, 0.1) is 0 Å². The van der Waals surface area contributed by atoms with E-state index in [0.29, 0.717) is 25.7 Å². The first-order valence-electron chi connectivity index (χ1n) is 27.8. The fourth-order valence-corrected chi connectivity index (χ4v) is 8.59. The van der Waals surface area contributed by atoms with Gasteiger partial charge in [0.25, 0.3) is 35.4 Å². The molecule has 6 aromatic rings. The van der Waals surface area contributed by atoms with Gasteiger partial charge in [-0.15, -0.1) is 0 Å². The van der Waals surface area contributed by atoms with Crippen molar-refractivity contribution < 1.29 is 121 Å². The number of amides is 6. The van der Waals surface area contributed by atoms with Gasteiger partial charge < -0.3 is 124 Å². The smallest absolute Gasteiger partial charge is 0.252 e. The average molecular weight is 1260 g/mol. The first-order chi connectivity index (χ1) is 42.4. The van der Waals surface area contributed by atoms with Crippen molar-refractivity contribution in [2.75, 3.05) is 39.3 Å². The summed E-state index contributed by atoms with van der Waals surface area (Å²) in [6, 6.07) is 5.11. The molecule has 0 unspecified atom stereocenters. The lowest BCUT2D eigenvalue weighted by atomic mass is 9.91. The van der Waals surface area contributed by atoms with Gasteiger partial charge in [0.2, 0.25) is 34.5 Å². The van der Waals surface area contributed by atoms with Crippen molar-refractivity contribution in [1.82, 2.24) is 31.9 Å². The number of phenolic OH excluding ortho intramolecular Hbond substituents is 18. The molecular formula is C60H72N6O24. The highest BCUT2D eigenvalue weighted by molar-refractivity contribution is 6.13. The van der Waals surface area contributed by atoms with Crippen molar-refractivity contribution in [3.63, 3.8) is 0 Å². The summed E-state index contributed by atoms with van der Waals surface area (Å²) in [5.41, 5.74) is -5.30. The van der Waals surface area contributed by atoms with Gasteiger partial charge in [0.05, 0.1) is 33.4 Å². The third-order valence-corrected chi connectivity index (χ3v) is 13.1. The van der Waals surface area contributed by atoms with E-state index in [1.165, 1.54) is 0 Å². The minimum atomic E-state index is -1.01. The highest BCUT2D eigenvalue weighted by Crippen LogP contribution is 2.55. The zero-order valence-corrected chi connectivity index (χ0v) is 49.4. The predicted octanol–water partition coefficient (Wildman–Crippen LogP) is 5.60. The van der Waals surface area contributed by atoms with Crippen LogP contribution in [0.1, 0.15) is 142 Å². The number of hydrogen-bond donors (Lipinski definition) is 24. The molecule has 0 aliphatic rings. The molecule has 90 heavy (non-hydrogen) atoms. The Labute approximate surface area is 512 Å². The SMILES string of the molecule is CCCCNC(=O)c1cc(O)c(O)c(O)c1-c1c(C(=O)NCCCC)cc(O)c(O)c1O.CCCNC(=O)c1cc(O)c(O)c(O)c1-c1c(C(=O)NCCC)cc(O)c(O)c1O.CCNC(=O)c1cc(O)c(O)c(O)c1-c1c(C(=O)NCC)cc(O)c(O)c1O. The van der Waals surface area contributed by atoms with Gasteiger partial charge >= 0.3 is 0 Å². The second-order valence-corrected chi connectivity index (χ2v) is 19.5. The molecule has 0 bridgehead atoms. The van der Waals surface area contributed by atoms with E-state index < -0.39 is 172 Å². The molecule has 0 spiro atoms. The first-order valence-corrected chi connectivity index (χ1v) is 27.8. The van der Waals surface area contributed by atoms with Crippen molar-refractivity contribution in [2.45, 2.75) is 80.1 Å². The number of benzene rings is 6. The number of nitrogens with one attached hydrogen (secondary N) is 6. The second kappa shape index (κ2) is 31.3. The highest BCUT2D eigenvalue weighted by Gasteiger charge is 2.34. The predicted molar refractivity (Wildman–Crippen MR) is 321 cm³/mol. The Bertz CT molecular complexity index is 3480. The quantitative estimate of drug-likeness (QED) is 0.0308. The Balaban J connectivity index is 0.000000289. The molecule has 0 aliphatic carbocycles. The van der Waals surface area contributed by atoms with Crippen LogP contribution < -0.4 is 31.9 Å². The second-order valence-electron chi connectivity index (χ2n) is 19.5. The Morgan fingerprint density at radius 3 is 0.567 bits per heavy atom. The van der Waals surface area contributed by atoms with Crippen molar-refractivity contribution in [3.8, 4) is 137 Å². The molecule has 0 saturated carbocycles. The van der Waals surface area contributed by atoms with Gasteiger partial charge in [-0.25, -0.2) is 0 Å². The van der Waals surface area contributed by atoms with Gasteiger partial charge in [0.1, 0.15) is 0 Å². The van der Waals surface area contributed by atoms with E-state index in [4.69, 9.17) is 0 Å². The zero-order chi connectivity index (χ0) is 67.8. The van der Waals surface area contributed by atoms with Crippen LogP contribution in [-0.2, 0) is 0 Å². The lowest BCUT2D eigenvalue weighted by molar-refractivity contribution is 0.0943. The van der Waals surface area contributed by atoms with Gasteiger partial charge in [-0.2, -0.15) is 0 Å². The summed E-state index contributed by atoms with van der Waals surface area (Å²) >= 11 is 0. The molecule has 6 aromatic carbocycles. The summed E-state index contributed by atoms with van der Waals surface area (Å²) in [7, 11) is 0. The van der Waals surface area contributed by atoms with Crippen molar-refractivity contribution >= 4 is 35.4 Å². The number of aromatic hydroxyl groups is 18. The number of hydrogen-bond acceptors (Lipinski definition) is 24. The van der Waals surface area contributed by atoms with E-state index in [0.717, 1.165) is 49.2 Å². The summed E-state index contributed by atoms with van der Waals surface area (Å²) in [6.07, 6.45) is 4.02. The highest BCUT2D eigenvalue weighted by atomic mass is 16.4. The van der Waals surface area contributed by atoms with Gasteiger partial charge in [0, 0.05) is 72.6 Å². The van der Waals surface area contributed by atoms with E-state index >= 15 is 0 Å². The van der Waals surface area contributed by atoms with E-state index in [1.54, 1.807) is 27.7 Å². The monoisotopic (exact) mass is 1260 g/mol. The molecule has 0 saturated heterocycles. The van der Waals surface area contributed by atoms with Crippen molar-refractivity contribution in [1.29, 1.82) is 0 Å². The number of unbranched alkanes of at least 4 members (excludes halogenated alkanes) is 2. The molecule has 30 nitrogen and oxygen atoms in total. The molecule has 0 heterocycles. The number of carbonyl (C=O) groups excluding carboxylic acids is 6. The molecule has 6 rings (SSSR count). The average Bonchev–Trinajstić information content (AvgIpc) is 0.778. The Morgan fingerprint density at radius 1 is 0.244 bits per heavy atom. The van der Waals surface area contributed by atoms with Crippen LogP contribution in [0.2, 0.25) is 0 Å². The molecule has 0 radical (unpaired) electrons. The standard InChI is InChI=1S/C22H28N2O8.C20H24N2O8.C18H20N2O8/c1-3-5-7-23-21(31)11-9-13(25)17(27)19(29)15(11)16-12(22(32)24-8-6-4-2)10-14(26)18(28)20(16)30;1-3-5-21-19(29)9-7-11(23)15(25)17(27)13(9)14-10(20(30)22-6-4-2)8-12(24)16(26)18(14)28;1-3-19-17(27)7-5-9(21)13(23)15(25)11(7)12-8(18(28)20-4-2)6-10(22)14(24)16(12)26/h9-10,25-30H,3-8H2,1-2H3,(H,23,31)(H,24,32);7-8,23-28H,3-6H2,1-2H3,(H,21,29)(H,22,30);5-6,21-26H,3-4H2,1-2H3,(H,19,27)(H,20,28). The Hall–Kier alpha value is -11.5. The Kier molecular flexibility index (Phi) is 24.7. The van der Waals surface area contributed by atoms with Gasteiger partial charge in [-0.05, 0) is 75.9 Å². The molecule has 30 heteroatoms. The van der Waals surface area contributed by atoms with Crippen LogP contribution in [-0.4, -0.2) is 167 Å². The van der Waals surface area contributed by atoms with Gasteiger partial charge in [-0.3, -0.25) is 28.8 Å². The maximum atomic E-state index is 12.8. The minimum Gasteiger partial charge on any atom is -0.504 e. The van der Waals surface area contributed by atoms with Crippen LogP contribution in [0.3, 0.4) is 0 Å². The summed E-state index contributed by atoms with van der Waals surface area (Å²) in [5.74, 6) is -21.5. The van der Waals surface area contributed by atoms with Crippen LogP contribution in [0.4, 0.5) is 0 Å². The topological polar surface area (TPSA) is 539 Å². The maximum absolute atomic E-state index is 12.8. The van der Waals surface area contributed by atoms with E-state index in [9.17, 15) is 121 Å². The molecular weight excluding hydrogens is 1190 g/mol. The van der Waals surface area contributed by atoms with Crippen LogP contribution in [0.25, 0.3) is 33.4 Å². The fourth-order valence-electron chi connectivity index (χ4n) is 8.59. The van der Waals surface area contributed by atoms with Crippen LogP contribution in [0.15, 0.2) is 36.4 Å². The Morgan fingerprint density at radius 2 is 0.411 bits per heavy atom. The van der Waals surface area contributed by atoms with E-state index in [2.05, 4.69) is 31.9 Å². The van der Waals surface area contributed by atoms with Crippen molar-refractivity contribution in [2.24, 2.45) is 0 Å². The van der Waals surface area contributed by atoms with Crippen molar-refractivity contribution in [3.05, 3.63) is 69.8 Å². The molecule has 486 valence electrons. The van der Waals surface area contributed by atoms with E-state index in [1.807, 2.05) is 13.8 Å². The molecule has 6 amide bonds. The van der Waals surface area contributed by atoms with Crippen LogP contribution >= 0.6 is 0 Å². The van der Waals surface area contributed by atoms with E-state index in [-0.39, 0.29) is 72.6 Å². The normalized spacial score (nSPS) is 10.6. The molecule has 0 aliphatic heterocycles. The molecule has 0 atom stereocenters. The summed E-state index contributed by atoms with van der Waals surface area (Å²) in [4.78, 5) is 75.6. The summed E-state index contributed by atoms with van der Waals surface area (Å²) < 4.78 is 0. The summed E-state index contributed by atoms with van der Waals surface area (Å²) in [6.45, 7) is 12.0. The lowest BCUT2D eigenvalue weighted by Gasteiger charge is -2.19. The largest absolute Gasteiger partial charge is 0.504 e. The van der Waals surface area contributed by atoms with Gasteiger partial charge in [0.15, 0.2) is 69.0 Å². The number of carbonyl (C=O) groups is 6. The number of rotatable bonds is 21. The maximum Gasteiger partial charge on any atom is 0.252 e. The minimum absolute atomic E-state index is 0.177. The van der Waals surface area contributed by atoms with Gasteiger partial charge in [-0.1, -0.05) is 40.5 Å². The third-order valence-electron chi connectivity index (χ3n) is 13.1. The fraction of sp³-hybridized carbons (Fsp3) is 0.300. The number of phenols is 18. The molecule has 24 N–H and O–H groups in total. The third kappa shape index (κ3) is 15.4. The van der Waals surface area contributed by atoms with Crippen LogP contribution in [0.5, 0.6) is 103 Å². The first kappa shape index (κ1) is 71.0. The summed E-state index contributed by atoms with van der Waals surface area (Å²) in [5, 5.41) is 197. The molecule has 0 aromatic heterocycles. The zero-order valence-electron chi connectivity index (χ0n) is 49.4. The lowest BCUT2D eigenvalue weighted by Crippen LogP contribution is -2.26.